The zero-order chi connectivity index (χ0) is 33.9. The van der Waals surface area contributed by atoms with Crippen molar-refractivity contribution in [2.45, 2.75) is 71.2 Å². The van der Waals surface area contributed by atoms with E-state index in [0.717, 1.165) is 40.4 Å². The average Bonchev–Trinajstić information content (AvgIpc) is 3.48. The van der Waals surface area contributed by atoms with Crippen LogP contribution in [0.5, 0.6) is 5.75 Å². The predicted molar refractivity (Wildman–Crippen MR) is 176 cm³/mol. The van der Waals surface area contributed by atoms with Crippen molar-refractivity contribution in [1.82, 2.24) is 14.4 Å². The van der Waals surface area contributed by atoms with Crippen LogP contribution in [0.15, 0.2) is 36.5 Å². The Hall–Kier alpha value is -3.74. The Morgan fingerprint density at radius 3 is 2.49 bits per heavy atom. The van der Waals surface area contributed by atoms with E-state index in [4.69, 9.17) is 18.9 Å². The van der Waals surface area contributed by atoms with E-state index in [1.165, 1.54) is 11.7 Å². The van der Waals surface area contributed by atoms with Crippen molar-refractivity contribution in [1.29, 1.82) is 0 Å². The number of anilines is 1. The molecule has 47 heavy (non-hydrogen) atoms. The van der Waals surface area contributed by atoms with E-state index in [1.54, 1.807) is 24.3 Å². The number of nitrogens with zero attached hydrogens (tertiary/aromatic N) is 3. The van der Waals surface area contributed by atoms with Crippen molar-refractivity contribution < 1.29 is 37.3 Å². The van der Waals surface area contributed by atoms with Gasteiger partial charge >= 0.3 is 12.1 Å². The van der Waals surface area contributed by atoms with Gasteiger partial charge in [0.2, 0.25) is 0 Å². The number of piperazine rings is 1. The third kappa shape index (κ3) is 8.05. The van der Waals surface area contributed by atoms with Gasteiger partial charge in [0.1, 0.15) is 11.4 Å². The highest BCUT2D eigenvalue weighted by Crippen LogP contribution is 2.37. The molecule has 256 valence electrons. The molecule has 0 radical (unpaired) electrons. The van der Waals surface area contributed by atoms with Crippen molar-refractivity contribution in [2.75, 3.05) is 58.9 Å². The van der Waals surface area contributed by atoms with Gasteiger partial charge in [0.05, 0.1) is 31.8 Å². The van der Waals surface area contributed by atoms with Crippen LogP contribution < -0.4 is 10.1 Å². The number of carbonyl (C=O) groups is 2. The van der Waals surface area contributed by atoms with Crippen LogP contribution in [0.1, 0.15) is 66.7 Å². The Balaban J connectivity index is 1.54. The monoisotopic (exact) mass is 656 g/mol. The van der Waals surface area contributed by atoms with Gasteiger partial charge in [-0.3, -0.25) is 14.4 Å². The normalized spacial score (nSPS) is 18.4. The van der Waals surface area contributed by atoms with Crippen molar-refractivity contribution >= 4 is 28.7 Å². The molecule has 1 atom stereocenters. The molecule has 3 aromatic rings. The molecule has 2 saturated heterocycles. The summed E-state index contributed by atoms with van der Waals surface area (Å²) < 4.78 is 50.9. The highest BCUT2D eigenvalue weighted by Gasteiger charge is 2.32. The second-order valence-electron chi connectivity index (χ2n) is 13.3. The maximum Gasteiger partial charge on any atom is 0.419 e. The number of benzene rings is 2. The lowest BCUT2D eigenvalue weighted by Crippen LogP contribution is -2.49. The second kappa shape index (κ2) is 14.6. The Bertz CT molecular complexity index is 1580. The molecule has 5 rings (SSSR count). The fourth-order valence-corrected chi connectivity index (χ4v) is 6.56. The van der Waals surface area contributed by atoms with Crippen LogP contribution in [0.2, 0.25) is 0 Å². The molecule has 10 nitrogen and oxygen atoms in total. The number of aryl methyl sites for hydroxylation is 1. The molecule has 1 aromatic heterocycles. The number of hydrogen-bond donors (Lipinski definition) is 1. The van der Waals surface area contributed by atoms with Gasteiger partial charge in [-0.25, -0.2) is 18.4 Å². The molecule has 3 heterocycles. The lowest BCUT2D eigenvalue weighted by molar-refractivity contribution is 0.0245. The number of alkyl halides is 2. The van der Waals surface area contributed by atoms with Crippen LogP contribution in [0.25, 0.3) is 10.9 Å². The van der Waals surface area contributed by atoms with Gasteiger partial charge in [-0.15, -0.1) is 0 Å². The predicted octanol–water partition coefficient (Wildman–Crippen LogP) is 6.24. The number of esters is 1. The Labute approximate surface area is 274 Å². The number of fused-ring (bicyclic) bond motifs is 1. The second-order valence-corrected chi connectivity index (χ2v) is 13.3. The first-order valence-electron chi connectivity index (χ1n) is 16.1. The minimum Gasteiger partial charge on any atom is -0.496 e. The maximum absolute atomic E-state index is 13.6. The summed E-state index contributed by atoms with van der Waals surface area (Å²) in [6, 6.07) is 9.24. The molecule has 12 heteroatoms. The standard InChI is InChI=1S/C35H46F2N4O6/c1-22-17-30(44-5)27(25-9-12-41(32(22)25)34(43)47-35(2,3)4)19-40-14-13-39(21-31(36)37)20-29(40)23-7-8-26(33(42)45-6)28(18-23)38-24-10-15-46-16-11-24/h7-9,12,17-18,24,29,31,38H,10-11,13-16,19-21H2,1-6H3/t29-/m1/s1. The molecule has 0 unspecified atom stereocenters. The van der Waals surface area contributed by atoms with Crippen LogP contribution >= 0.6 is 0 Å². The third-order valence-corrected chi connectivity index (χ3v) is 8.79. The average molecular weight is 657 g/mol. The first kappa shape index (κ1) is 34.6. The molecule has 0 bridgehead atoms. The maximum atomic E-state index is 13.6. The zero-order valence-corrected chi connectivity index (χ0v) is 28.1. The number of halogens is 2. The number of nitrogens with one attached hydrogen (secondary N) is 1. The van der Waals surface area contributed by atoms with E-state index in [2.05, 4.69) is 10.2 Å². The molecular formula is C35H46F2N4O6. The van der Waals surface area contributed by atoms with Gasteiger partial charge in [0.15, 0.2) is 0 Å². The summed E-state index contributed by atoms with van der Waals surface area (Å²) in [7, 11) is 2.97. The SMILES string of the molecule is COC(=O)c1ccc([C@H]2CN(CC(F)F)CCN2Cc2c(OC)cc(C)c3c2ccn3C(=O)OC(C)(C)C)cc1NC1CCOCC1. The molecular weight excluding hydrogens is 610 g/mol. The summed E-state index contributed by atoms with van der Waals surface area (Å²) in [5, 5.41) is 4.38. The van der Waals surface area contributed by atoms with Gasteiger partial charge in [0.25, 0.3) is 6.43 Å². The van der Waals surface area contributed by atoms with Crippen molar-refractivity contribution in [3.05, 3.63) is 58.8 Å². The molecule has 0 aliphatic carbocycles. The van der Waals surface area contributed by atoms with Gasteiger partial charge in [-0.2, -0.15) is 0 Å². The highest BCUT2D eigenvalue weighted by molar-refractivity contribution is 5.96. The molecule has 2 aliphatic rings. The fourth-order valence-electron chi connectivity index (χ4n) is 6.56. The summed E-state index contributed by atoms with van der Waals surface area (Å²) in [4.78, 5) is 30.0. The van der Waals surface area contributed by atoms with Gasteiger partial charge in [-0.05, 0) is 75.9 Å². The van der Waals surface area contributed by atoms with E-state index in [1.807, 2.05) is 52.0 Å². The van der Waals surface area contributed by atoms with Crippen molar-refractivity contribution in [2.24, 2.45) is 0 Å². The van der Waals surface area contributed by atoms with E-state index in [9.17, 15) is 18.4 Å². The first-order chi connectivity index (χ1) is 22.4. The van der Waals surface area contributed by atoms with E-state index in [-0.39, 0.29) is 18.6 Å². The van der Waals surface area contributed by atoms with Crippen LogP contribution in [0.3, 0.4) is 0 Å². The Morgan fingerprint density at radius 1 is 1.09 bits per heavy atom. The fraction of sp³-hybridized carbons (Fsp3) is 0.543. The molecule has 2 fully saturated rings. The smallest absolute Gasteiger partial charge is 0.419 e. The Morgan fingerprint density at radius 2 is 1.83 bits per heavy atom. The van der Waals surface area contributed by atoms with Crippen LogP contribution in [-0.2, 0) is 20.8 Å². The van der Waals surface area contributed by atoms with Crippen LogP contribution in [0.4, 0.5) is 19.3 Å². The molecule has 1 N–H and O–H groups in total. The van der Waals surface area contributed by atoms with Crippen LogP contribution in [-0.4, -0.2) is 98.1 Å². The summed E-state index contributed by atoms with van der Waals surface area (Å²) in [6.45, 7) is 10.1. The summed E-state index contributed by atoms with van der Waals surface area (Å²) >= 11 is 0. The topological polar surface area (TPSA) is 94.5 Å². The molecule has 0 spiro atoms. The largest absolute Gasteiger partial charge is 0.496 e. The van der Waals surface area contributed by atoms with E-state index < -0.39 is 24.1 Å². The van der Waals surface area contributed by atoms with E-state index in [0.29, 0.717) is 56.4 Å². The van der Waals surface area contributed by atoms with Gasteiger partial charge < -0.3 is 24.3 Å². The molecule has 0 saturated carbocycles. The van der Waals surface area contributed by atoms with Crippen molar-refractivity contribution in [3.8, 4) is 5.75 Å². The molecule has 0 amide bonds. The summed E-state index contributed by atoms with van der Waals surface area (Å²) in [6.07, 6.45) is 0.384. The lowest BCUT2D eigenvalue weighted by Gasteiger charge is -2.42. The minimum atomic E-state index is -2.46. The zero-order valence-electron chi connectivity index (χ0n) is 28.1. The summed E-state index contributed by atoms with van der Waals surface area (Å²) in [5.41, 5.74) is 3.76. The number of carbonyl (C=O) groups excluding carboxylic acids is 2. The third-order valence-electron chi connectivity index (χ3n) is 8.79. The van der Waals surface area contributed by atoms with Crippen molar-refractivity contribution in [3.63, 3.8) is 0 Å². The number of ether oxygens (including phenoxy) is 4. The highest BCUT2D eigenvalue weighted by atomic mass is 19.3. The first-order valence-corrected chi connectivity index (χ1v) is 16.1. The number of rotatable bonds is 9. The lowest BCUT2D eigenvalue weighted by atomic mass is 9.96. The number of methoxy groups -OCH3 is 2. The van der Waals surface area contributed by atoms with Gasteiger partial charge in [-0.1, -0.05) is 6.07 Å². The molecule has 2 aliphatic heterocycles. The Kier molecular flexibility index (Phi) is 10.7. The van der Waals surface area contributed by atoms with E-state index >= 15 is 0 Å². The number of hydrogen-bond acceptors (Lipinski definition) is 9. The van der Waals surface area contributed by atoms with Gasteiger partial charge in [0, 0.05) is 74.3 Å². The molecule has 2 aromatic carbocycles. The summed E-state index contributed by atoms with van der Waals surface area (Å²) in [5.74, 6) is 0.223. The van der Waals surface area contributed by atoms with Crippen LogP contribution in [0, 0.1) is 6.92 Å². The quantitative estimate of drug-likeness (QED) is 0.269. The minimum absolute atomic E-state index is 0.124. The number of aromatic nitrogens is 1.